The second kappa shape index (κ2) is 5.71. The zero-order valence-corrected chi connectivity index (χ0v) is 12.2. The summed E-state index contributed by atoms with van der Waals surface area (Å²) in [4.78, 5) is 5.02. The molecule has 3 nitrogen and oxygen atoms in total. The lowest BCUT2D eigenvalue weighted by Gasteiger charge is -2.16. The Morgan fingerprint density at radius 1 is 0.842 bits per heavy atom. The first-order valence-corrected chi connectivity index (χ1v) is 7.77. The van der Waals surface area contributed by atoms with Crippen LogP contribution in [0.15, 0.2) is 0 Å². The molecule has 0 aliphatic carbocycles. The number of fused-ring (bicyclic) bond motifs is 4. The van der Waals surface area contributed by atoms with E-state index in [9.17, 15) is 0 Å². The van der Waals surface area contributed by atoms with Crippen LogP contribution in [0.2, 0.25) is 0 Å². The van der Waals surface area contributed by atoms with Crippen LogP contribution in [-0.2, 0) is 0 Å². The number of hydrogen-bond acceptors (Lipinski definition) is 3. The third-order valence-electron chi connectivity index (χ3n) is 6.13. The Balaban J connectivity index is 0.000000133. The molecule has 0 aromatic carbocycles. The van der Waals surface area contributed by atoms with Gasteiger partial charge in [-0.25, -0.2) is 0 Å². The Morgan fingerprint density at radius 2 is 1.37 bits per heavy atom. The van der Waals surface area contributed by atoms with Gasteiger partial charge in [0.2, 0.25) is 0 Å². The highest BCUT2D eigenvalue weighted by atomic mass is 15.2. The molecule has 0 aromatic heterocycles. The van der Waals surface area contributed by atoms with Gasteiger partial charge in [-0.2, -0.15) is 0 Å². The standard InChI is InChI=1S/C8H15N.C7H14N2.CH4/c1-6-5-7-3-4-8(6)9(7)2;1-9-5-2-3-7(9)6(8)4-5;/h6-8H,3-5H2,1-2H3;5-7H,2-4,8H2,1H3;1H4/t6-,7-,8+;5-,6-,7+;/m10./s1. The quantitative estimate of drug-likeness (QED) is 0.731. The van der Waals surface area contributed by atoms with Crippen LogP contribution in [0.4, 0.5) is 0 Å². The van der Waals surface area contributed by atoms with E-state index < -0.39 is 0 Å². The van der Waals surface area contributed by atoms with Gasteiger partial charge in [-0.05, 0) is 58.5 Å². The third kappa shape index (κ3) is 2.57. The zero-order valence-electron chi connectivity index (χ0n) is 12.2. The minimum Gasteiger partial charge on any atom is -0.326 e. The molecule has 4 aliphatic rings. The third-order valence-corrected chi connectivity index (χ3v) is 6.13. The molecule has 4 fully saturated rings. The van der Waals surface area contributed by atoms with E-state index in [4.69, 9.17) is 5.73 Å². The van der Waals surface area contributed by atoms with Crippen molar-refractivity contribution in [2.75, 3.05) is 14.1 Å². The number of nitrogens with two attached hydrogens (primary N) is 1. The summed E-state index contributed by atoms with van der Waals surface area (Å²) in [6, 6.07) is 3.91. The first-order valence-electron chi connectivity index (χ1n) is 7.77. The molecule has 0 radical (unpaired) electrons. The molecule has 4 bridgehead atoms. The van der Waals surface area contributed by atoms with Gasteiger partial charge < -0.3 is 10.6 Å². The van der Waals surface area contributed by atoms with Gasteiger partial charge >= 0.3 is 0 Å². The molecule has 3 heteroatoms. The van der Waals surface area contributed by atoms with Crippen LogP contribution in [0.25, 0.3) is 0 Å². The SMILES string of the molecule is C.CN1[C@H]2CC[C@@H]1[C@@H](N)C2.C[C@@H]1C[C@H]2CC[C@@H]1N2C. The summed E-state index contributed by atoms with van der Waals surface area (Å²) >= 11 is 0. The van der Waals surface area contributed by atoms with E-state index >= 15 is 0 Å². The van der Waals surface area contributed by atoms with Crippen LogP contribution in [-0.4, -0.2) is 54.1 Å². The predicted octanol–water partition coefficient (Wildman–Crippen LogP) is 2.31. The highest BCUT2D eigenvalue weighted by Gasteiger charge is 2.42. The zero-order chi connectivity index (χ0) is 12.9. The van der Waals surface area contributed by atoms with Gasteiger partial charge in [0.05, 0.1) is 0 Å². The van der Waals surface area contributed by atoms with Crippen LogP contribution >= 0.6 is 0 Å². The minimum atomic E-state index is 0. The van der Waals surface area contributed by atoms with Gasteiger partial charge in [0.1, 0.15) is 0 Å². The molecule has 0 spiro atoms. The average Bonchev–Trinajstić information content (AvgIpc) is 3.02. The van der Waals surface area contributed by atoms with Crippen LogP contribution in [0.5, 0.6) is 0 Å². The smallest absolute Gasteiger partial charge is 0.0248 e. The largest absolute Gasteiger partial charge is 0.326 e. The number of rotatable bonds is 0. The maximum atomic E-state index is 5.87. The van der Waals surface area contributed by atoms with E-state index in [2.05, 4.69) is 30.8 Å². The Labute approximate surface area is 119 Å². The van der Waals surface area contributed by atoms with E-state index in [0.717, 1.165) is 30.1 Å². The summed E-state index contributed by atoms with van der Waals surface area (Å²) < 4.78 is 0. The second-order valence-electron chi connectivity index (χ2n) is 7.04. The lowest BCUT2D eigenvalue weighted by molar-refractivity contribution is 0.296. The van der Waals surface area contributed by atoms with Crippen molar-refractivity contribution in [3.63, 3.8) is 0 Å². The summed E-state index contributed by atoms with van der Waals surface area (Å²) in [6.07, 6.45) is 8.34. The molecule has 0 saturated carbocycles. The fourth-order valence-electron chi connectivity index (χ4n) is 4.91. The molecule has 112 valence electrons. The fraction of sp³-hybridized carbons (Fsp3) is 1.00. The molecule has 4 rings (SSSR count). The summed E-state index contributed by atoms with van der Waals surface area (Å²) in [5, 5.41) is 0. The molecule has 0 aromatic rings. The predicted molar refractivity (Wildman–Crippen MR) is 82.3 cm³/mol. The maximum Gasteiger partial charge on any atom is 0.0248 e. The highest BCUT2D eigenvalue weighted by Crippen LogP contribution is 2.39. The van der Waals surface area contributed by atoms with Crippen LogP contribution in [0.3, 0.4) is 0 Å². The minimum absolute atomic E-state index is 0. The first-order chi connectivity index (χ1) is 8.58. The summed E-state index contributed by atoms with van der Waals surface area (Å²) in [6.45, 7) is 2.39. The molecule has 4 heterocycles. The molecule has 4 aliphatic heterocycles. The van der Waals surface area contributed by atoms with Crippen LogP contribution < -0.4 is 5.73 Å². The van der Waals surface area contributed by atoms with Gasteiger partial charge in [0.15, 0.2) is 0 Å². The van der Waals surface area contributed by atoms with Crippen molar-refractivity contribution in [2.45, 2.75) is 83.1 Å². The van der Waals surface area contributed by atoms with E-state index in [1.807, 2.05) is 0 Å². The normalized spacial score (nSPS) is 48.0. The van der Waals surface area contributed by atoms with Crippen molar-refractivity contribution in [3.05, 3.63) is 0 Å². The van der Waals surface area contributed by atoms with E-state index in [1.54, 1.807) is 0 Å². The van der Waals surface area contributed by atoms with Gasteiger partial charge in [-0.15, -0.1) is 0 Å². The Bertz CT molecular complexity index is 276. The van der Waals surface area contributed by atoms with Crippen LogP contribution in [0, 0.1) is 5.92 Å². The highest BCUT2D eigenvalue weighted by molar-refractivity contribution is 5.00. The van der Waals surface area contributed by atoms with Gasteiger partial charge in [-0.1, -0.05) is 14.4 Å². The van der Waals surface area contributed by atoms with Gasteiger partial charge in [-0.3, -0.25) is 4.90 Å². The molecule has 19 heavy (non-hydrogen) atoms. The lowest BCUT2D eigenvalue weighted by Crippen LogP contribution is -2.34. The van der Waals surface area contributed by atoms with Gasteiger partial charge in [0.25, 0.3) is 0 Å². The second-order valence-corrected chi connectivity index (χ2v) is 7.04. The summed E-state index contributed by atoms with van der Waals surface area (Å²) in [5.74, 6) is 0.980. The van der Waals surface area contributed by atoms with Gasteiger partial charge in [0, 0.05) is 30.2 Å². The van der Waals surface area contributed by atoms with Crippen molar-refractivity contribution < 1.29 is 0 Å². The Hall–Kier alpha value is -0.120. The number of nitrogens with zero attached hydrogens (tertiary/aromatic N) is 2. The lowest BCUT2D eigenvalue weighted by atomic mass is 9.91. The molecular formula is C16H33N3. The van der Waals surface area contributed by atoms with Crippen LogP contribution in [0.1, 0.15) is 52.9 Å². The Morgan fingerprint density at radius 3 is 1.53 bits per heavy atom. The van der Waals surface area contributed by atoms with E-state index in [0.29, 0.717) is 6.04 Å². The molecule has 0 amide bonds. The molecule has 2 N–H and O–H groups in total. The molecule has 4 saturated heterocycles. The average molecular weight is 267 g/mol. The van der Waals surface area contributed by atoms with Crippen molar-refractivity contribution in [2.24, 2.45) is 11.7 Å². The van der Waals surface area contributed by atoms with E-state index in [1.165, 1.54) is 38.5 Å². The monoisotopic (exact) mass is 267 g/mol. The van der Waals surface area contributed by atoms with Crippen molar-refractivity contribution in [1.82, 2.24) is 9.80 Å². The van der Waals surface area contributed by atoms with Crippen molar-refractivity contribution in [3.8, 4) is 0 Å². The van der Waals surface area contributed by atoms with Crippen molar-refractivity contribution >= 4 is 0 Å². The molecular weight excluding hydrogens is 234 g/mol. The Kier molecular flexibility index (Phi) is 4.59. The maximum absolute atomic E-state index is 5.87. The molecule has 0 unspecified atom stereocenters. The first kappa shape index (κ1) is 15.3. The van der Waals surface area contributed by atoms with Crippen molar-refractivity contribution in [1.29, 1.82) is 0 Å². The molecule has 6 atom stereocenters. The number of likely N-dealkylation sites (N-methyl/N-ethyl adjacent to an activating group) is 1. The fourth-order valence-corrected chi connectivity index (χ4v) is 4.91. The number of hydrogen-bond donors (Lipinski definition) is 1. The summed E-state index contributed by atoms with van der Waals surface area (Å²) in [7, 11) is 4.49. The van der Waals surface area contributed by atoms with E-state index in [-0.39, 0.29) is 7.43 Å². The summed E-state index contributed by atoms with van der Waals surface area (Å²) in [5.41, 5.74) is 5.87. The topological polar surface area (TPSA) is 32.5 Å².